The summed E-state index contributed by atoms with van der Waals surface area (Å²) < 4.78 is 7.68. The molecule has 1 fully saturated rings. The highest BCUT2D eigenvalue weighted by Crippen LogP contribution is 2.25. The molecule has 0 bridgehead atoms. The van der Waals surface area contributed by atoms with Crippen molar-refractivity contribution in [3.63, 3.8) is 0 Å². The van der Waals surface area contributed by atoms with E-state index >= 15 is 0 Å². The summed E-state index contributed by atoms with van der Waals surface area (Å²) in [5.74, 6) is -0.0343. The quantitative estimate of drug-likeness (QED) is 0.664. The Morgan fingerprint density at radius 2 is 2.25 bits per heavy atom. The highest BCUT2D eigenvalue weighted by atomic mass is 32.1. The first-order valence-electron chi connectivity index (χ1n) is 9.90. The predicted octanol–water partition coefficient (Wildman–Crippen LogP) is 3.59. The SMILES string of the molecule is CC(C)(C)CNC(=O)c1cn2c(nc3ccc(CNCC4CCCO4)cc32)s1. The van der Waals surface area contributed by atoms with Crippen LogP contribution in [0.2, 0.25) is 0 Å². The van der Waals surface area contributed by atoms with Crippen molar-refractivity contribution in [2.24, 2.45) is 5.41 Å². The lowest BCUT2D eigenvalue weighted by atomic mass is 9.97. The third-order valence-corrected chi connectivity index (χ3v) is 5.88. The largest absolute Gasteiger partial charge is 0.377 e. The van der Waals surface area contributed by atoms with Gasteiger partial charge in [-0.15, -0.1) is 0 Å². The Bertz CT molecular complexity index is 980. The van der Waals surface area contributed by atoms with E-state index in [0.717, 1.165) is 48.5 Å². The first-order valence-corrected chi connectivity index (χ1v) is 10.7. The lowest BCUT2D eigenvalue weighted by Crippen LogP contribution is -2.31. The van der Waals surface area contributed by atoms with E-state index in [0.29, 0.717) is 17.5 Å². The summed E-state index contributed by atoms with van der Waals surface area (Å²) in [5.41, 5.74) is 3.26. The van der Waals surface area contributed by atoms with Crippen LogP contribution in [0.15, 0.2) is 24.4 Å². The van der Waals surface area contributed by atoms with Crippen LogP contribution in [0.3, 0.4) is 0 Å². The van der Waals surface area contributed by atoms with Crippen molar-refractivity contribution in [1.82, 2.24) is 20.0 Å². The van der Waals surface area contributed by atoms with Gasteiger partial charge in [0.2, 0.25) is 0 Å². The molecule has 28 heavy (non-hydrogen) atoms. The van der Waals surface area contributed by atoms with Crippen LogP contribution in [-0.4, -0.2) is 41.1 Å². The van der Waals surface area contributed by atoms with Gasteiger partial charge in [0.05, 0.1) is 17.1 Å². The summed E-state index contributed by atoms with van der Waals surface area (Å²) in [5, 5.41) is 6.50. The molecule has 1 amide bonds. The summed E-state index contributed by atoms with van der Waals surface area (Å²) >= 11 is 1.43. The third kappa shape index (κ3) is 4.37. The highest BCUT2D eigenvalue weighted by molar-refractivity contribution is 7.18. The Morgan fingerprint density at radius 3 is 3.00 bits per heavy atom. The number of imidazole rings is 1. The van der Waals surface area contributed by atoms with Crippen molar-refractivity contribution >= 4 is 33.2 Å². The molecule has 0 radical (unpaired) electrons. The fraction of sp³-hybridized carbons (Fsp3) is 0.524. The van der Waals surface area contributed by atoms with Gasteiger partial charge in [0.1, 0.15) is 4.88 Å². The molecular weight excluding hydrogens is 372 g/mol. The van der Waals surface area contributed by atoms with Crippen molar-refractivity contribution in [3.8, 4) is 0 Å². The monoisotopic (exact) mass is 400 g/mol. The normalized spacial score (nSPS) is 17.6. The molecule has 1 aromatic carbocycles. The Labute approximate surface area is 169 Å². The zero-order valence-electron chi connectivity index (χ0n) is 16.7. The van der Waals surface area contributed by atoms with Crippen molar-refractivity contribution in [2.75, 3.05) is 19.7 Å². The minimum absolute atomic E-state index is 0.0343. The standard InChI is InChI=1S/C21H28N4O2S/c1-21(2,3)13-23-19(26)18-12-25-17-9-14(6-7-16(17)24-20(25)28-18)10-22-11-15-5-4-8-27-15/h6-7,9,12,15,22H,4-5,8,10-11,13H2,1-3H3,(H,23,26). The van der Waals surface area contributed by atoms with Crippen LogP contribution < -0.4 is 10.6 Å². The summed E-state index contributed by atoms with van der Waals surface area (Å²) in [6, 6.07) is 6.32. The van der Waals surface area contributed by atoms with Crippen LogP contribution in [0.4, 0.5) is 0 Å². The molecule has 2 aromatic heterocycles. The van der Waals surface area contributed by atoms with Gasteiger partial charge in [-0.3, -0.25) is 9.20 Å². The first kappa shape index (κ1) is 19.4. The summed E-state index contributed by atoms with van der Waals surface area (Å²) in [7, 11) is 0. The van der Waals surface area contributed by atoms with Crippen molar-refractivity contribution in [2.45, 2.75) is 46.3 Å². The minimum Gasteiger partial charge on any atom is -0.377 e. The molecule has 0 aliphatic carbocycles. The fourth-order valence-electron chi connectivity index (χ4n) is 3.39. The van der Waals surface area contributed by atoms with E-state index in [-0.39, 0.29) is 11.3 Å². The molecule has 3 aromatic rings. The number of hydrogen-bond acceptors (Lipinski definition) is 5. The predicted molar refractivity (Wildman–Crippen MR) is 113 cm³/mol. The van der Waals surface area contributed by atoms with Crippen LogP contribution in [0, 0.1) is 5.41 Å². The number of thiazole rings is 1. The maximum Gasteiger partial charge on any atom is 0.263 e. The van der Waals surface area contributed by atoms with Gasteiger partial charge in [0.25, 0.3) is 5.91 Å². The van der Waals surface area contributed by atoms with Crippen LogP contribution in [0.25, 0.3) is 16.0 Å². The maximum absolute atomic E-state index is 12.5. The number of aromatic nitrogens is 2. The second-order valence-corrected chi connectivity index (χ2v) is 9.70. The molecular formula is C21H28N4O2S. The smallest absolute Gasteiger partial charge is 0.263 e. The van der Waals surface area contributed by atoms with Crippen LogP contribution in [0.1, 0.15) is 48.8 Å². The number of ether oxygens (including phenoxy) is 1. The number of hydrogen-bond donors (Lipinski definition) is 2. The Kier molecular flexibility index (Phi) is 5.40. The van der Waals surface area contributed by atoms with Gasteiger partial charge < -0.3 is 15.4 Å². The zero-order chi connectivity index (χ0) is 19.7. The molecule has 0 saturated carbocycles. The molecule has 6 nitrogen and oxygen atoms in total. The molecule has 3 heterocycles. The van der Waals surface area contributed by atoms with E-state index in [4.69, 9.17) is 4.74 Å². The van der Waals surface area contributed by atoms with Gasteiger partial charge in [-0.25, -0.2) is 4.98 Å². The van der Waals surface area contributed by atoms with E-state index in [1.807, 2.05) is 10.6 Å². The summed E-state index contributed by atoms with van der Waals surface area (Å²) in [4.78, 5) is 18.7. The zero-order valence-corrected chi connectivity index (χ0v) is 17.6. The van der Waals surface area contributed by atoms with Gasteiger partial charge in [-0.05, 0) is 36.0 Å². The highest BCUT2D eigenvalue weighted by Gasteiger charge is 2.17. The fourth-order valence-corrected chi connectivity index (χ4v) is 4.30. The van der Waals surface area contributed by atoms with Crippen LogP contribution in [0.5, 0.6) is 0 Å². The number of carbonyl (C=O) groups excluding carboxylic acids is 1. The second kappa shape index (κ2) is 7.81. The Hall–Kier alpha value is -1.96. The van der Waals surface area contributed by atoms with Crippen molar-refractivity contribution < 1.29 is 9.53 Å². The number of rotatable bonds is 6. The Balaban J connectivity index is 1.48. The molecule has 1 aliphatic heterocycles. The van der Waals surface area contributed by atoms with E-state index in [9.17, 15) is 4.79 Å². The average Bonchev–Trinajstić information content (AvgIpc) is 3.35. The van der Waals surface area contributed by atoms with Crippen molar-refractivity contribution in [3.05, 3.63) is 34.8 Å². The second-order valence-electron chi connectivity index (χ2n) is 8.69. The lowest BCUT2D eigenvalue weighted by Gasteiger charge is -2.18. The number of nitrogens with one attached hydrogen (secondary N) is 2. The van der Waals surface area contributed by atoms with Gasteiger partial charge in [-0.2, -0.15) is 0 Å². The van der Waals surface area contributed by atoms with Crippen LogP contribution in [-0.2, 0) is 11.3 Å². The Morgan fingerprint density at radius 1 is 1.39 bits per heavy atom. The average molecular weight is 401 g/mol. The van der Waals surface area contributed by atoms with Gasteiger partial charge >= 0.3 is 0 Å². The molecule has 1 saturated heterocycles. The molecule has 150 valence electrons. The van der Waals surface area contributed by atoms with Gasteiger partial charge in [0, 0.05) is 32.4 Å². The minimum atomic E-state index is -0.0343. The summed E-state index contributed by atoms with van der Waals surface area (Å²) in [6.07, 6.45) is 4.55. The summed E-state index contributed by atoms with van der Waals surface area (Å²) in [6.45, 7) is 9.54. The van der Waals surface area contributed by atoms with E-state index in [1.54, 1.807) is 0 Å². The molecule has 1 atom stereocenters. The first-order chi connectivity index (χ1) is 13.4. The molecule has 7 heteroatoms. The number of nitrogens with zero attached hydrogens (tertiary/aromatic N) is 2. The van der Waals surface area contributed by atoms with E-state index in [1.165, 1.54) is 16.9 Å². The maximum atomic E-state index is 12.5. The number of benzene rings is 1. The molecule has 0 spiro atoms. The van der Waals surface area contributed by atoms with Gasteiger partial charge in [-0.1, -0.05) is 38.2 Å². The molecule has 4 rings (SSSR count). The molecule has 1 unspecified atom stereocenters. The molecule has 1 aliphatic rings. The molecule has 2 N–H and O–H groups in total. The van der Waals surface area contributed by atoms with Gasteiger partial charge in [0.15, 0.2) is 4.96 Å². The third-order valence-electron chi connectivity index (χ3n) is 4.90. The number of carbonyl (C=O) groups is 1. The topological polar surface area (TPSA) is 67.7 Å². The van der Waals surface area contributed by atoms with E-state index in [2.05, 4.69) is 54.6 Å². The van der Waals surface area contributed by atoms with E-state index < -0.39 is 0 Å². The van der Waals surface area contributed by atoms with Crippen molar-refractivity contribution in [1.29, 1.82) is 0 Å². The lowest BCUT2D eigenvalue weighted by molar-refractivity contribution is 0.0943. The number of amides is 1. The van der Waals surface area contributed by atoms with Crippen LogP contribution >= 0.6 is 11.3 Å². The number of fused-ring (bicyclic) bond motifs is 3.